The third-order valence-electron chi connectivity index (χ3n) is 12.5. The molecule has 4 saturated carbocycles. The molecule has 5 aliphatic rings. The highest BCUT2D eigenvalue weighted by Gasteiger charge is 2.77. The quantitative estimate of drug-likeness (QED) is 0.0334. The molecule has 17 nitrogen and oxygen atoms in total. The maximum Gasteiger partial charge on any atom is 0.407 e. The summed E-state index contributed by atoms with van der Waals surface area (Å²) in [5.41, 5.74) is 7.00. The highest BCUT2D eigenvalue weighted by atomic mass is 35.5. The van der Waals surface area contributed by atoms with Crippen molar-refractivity contribution in [3.8, 4) is 5.75 Å². The van der Waals surface area contributed by atoms with Gasteiger partial charge >= 0.3 is 12.1 Å². The van der Waals surface area contributed by atoms with Crippen molar-refractivity contribution in [3.05, 3.63) is 64.2 Å². The van der Waals surface area contributed by atoms with Crippen molar-refractivity contribution in [2.75, 3.05) is 46.4 Å². The molecule has 340 valence electrons. The number of aliphatic hydroxyl groups excluding tert-OH is 1. The average molecular weight is 886 g/mol. The number of nitrogens with one attached hydrogen (secondary N) is 4. The van der Waals surface area contributed by atoms with Gasteiger partial charge in [0.25, 0.3) is 5.79 Å². The zero-order chi connectivity index (χ0) is 44.6. The van der Waals surface area contributed by atoms with Gasteiger partial charge in [-0.05, 0) is 105 Å². The number of hydrogen-bond acceptors (Lipinski definition) is 14. The van der Waals surface area contributed by atoms with Crippen LogP contribution in [0.25, 0.3) is 6.08 Å². The molecule has 18 heteroatoms. The Hall–Kier alpha value is -4.33. The number of carbonyl (C=O) groups is 4. The first-order valence-electron chi connectivity index (χ1n) is 21.2. The molecule has 1 aliphatic heterocycles. The molecule has 1 heterocycles. The number of hydrogen-bond donors (Lipinski definition) is 6. The number of anilines is 1. The van der Waals surface area contributed by atoms with Crippen LogP contribution in [0.15, 0.2) is 42.5 Å². The topological polar surface area (TPSA) is 227 Å². The van der Waals surface area contributed by atoms with E-state index in [1.165, 1.54) is 26.7 Å². The molecule has 62 heavy (non-hydrogen) atoms. The molecule has 4 unspecified atom stereocenters. The van der Waals surface area contributed by atoms with Crippen LogP contribution in [0.4, 0.5) is 10.5 Å². The molecule has 4 aliphatic carbocycles. The van der Waals surface area contributed by atoms with Crippen LogP contribution in [-0.4, -0.2) is 94.1 Å². The molecule has 5 fully saturated rings. The predicted octanol–water partition coefficient (Wildman–Crippen LogP) is 4.49. The zero-order valence-electron chi connectivity index (χ0n) is 35.9. The SMILES string of the molecule is COCCOC(=O)NC(C(=O)NC(CCCNC(N)O)C(=O)Nc1ccc(COc2c(/C=C/C(=O)OC)ccc(C3(OC)OOC34C3CC5CC(C3)CC4C5)c2Cl)cc1)C(C)C. The second kappa shape index (κ2) is 20.9. The lowest BCUT2D eigenvalue weighted by Gasteiger charge is -2.68. The standard InChI is InChI=1S/C44H60ClN5O12/c1-25(2)37(50-42(55)59-18-17-56-3)40(53)49-34(7-6-16-47-41(46)54)39(52)48-32-12-8-26(9-13-32)24-60-38-29(11-15-35(51)57-4)10-14-33(36(38)45)44(58-5)43(61-62-44)30-20-27-19-28(22-30)23-31(43)21-27/h8-15,25,27-28,30-31,34,37,41,47,54H,6-7,16-24,46H2,1-5H3,(H,48,52)(H,49,53)(H,50,55)/b15-11+. The first-order valence-corrected chi connectivity index (χ1v) is 21.6. The van der Waals surface area contributed by atoms with E-state index in [9.17, 15) is 24.3 Å². The third-order valence-corrected chi connectivity index (χ3v) is 12.9. The minimum atomic E-state index is -1.25. The molecule has 7 rings (SSSR count). The van der Waals surface area contributed by atoms with Crippen LogP contribution in [0.2, 0.25) is 5.02 Å². The summed E-state index contributed by atoms with van der Waals surface area (Å²) < 4.78 is 27.5. The first-order chi connectivity index (χ1) is 29.7. The number of methoxy groups -OCH3 is 3. The monoisotopic (exact) mass is 885 g/mol. The van der Waals surface area contributed by atoms with Crippen LogP contribution < -0.4 is 31.7 Å². The second-order valence-corrected chi connectivity index (χ2v) is 17.2. The van der Waals surface area contributed by atoms with Gasteiger partial charge in [-0.2, -0.15) is 4.89 Å². The first kappa shape index (κ1) is 47.2. The molecule has 1 saturated heterocycles. The van der Waals surface area contributed by atoms with Gasteiger partial charge in [0.1, 0.15) is 31.0 Å². The lowest BCUT2D eigenvalue weighted by Crippen LogP contribution is -2.76. The molecular weight excluding hydrogens is 826 g/mol. The van der Waals surface area contributed by atoms with E-state index in [0.717, 1.165) is 31.2 Å². The van der Waals surface area contributed by atoms with Crippen molar-refractivity contribution >= 4 is 47.2 Å². The van der Waals surface area contributed by atoms with Crippen LogP contribution in [0.1, 0.15) is 75.5 Å². The number of alkyl carbamates (subject to hydrolysis) is 1. The Kier molecular flexibility index (Phi) is 15.9. The number of benzene rings is 2. The Bertz CT molecular complexity index is 1900. The fourth-order valence-corrected chi connectivity index (χ4v) is 10.1. The highest BCUT2D eigenvalue weighted by Crippen LogP contribution is 2.70. The molecule has 4 atom stereocenters. The van der Waals surface area contributed by atoms with E-state index in [4.69, 9.17) is 50.8 Å². The van der Waals surface area contributed by atoms with E-state index in [1.807, 2.05) is 6.07 Å². The molecule has 2 aromatic carbocycles. The maximum atomic E-state index is 13.7. The molecule has 4 bridgehead atoms. The summed E-state index contributed by atoms with van der Waals surface area (Å²) >= 11 is 7.28. The van der Waals surface area contributed by atoms with E-state index >= 15 is 0 Å². The summed E-state index contributed by atoms with van der Waals surface area (Å²) in [6.45, 7) is 4.03. The molecule has 2 aromatic rings. The van der Waals surface area contributed by atoms with Gasteiger partial charge in [-0.25, -0.2) is 14.5 Å². The summed E-state index contributed by atoms with van der Waals surface area (Å²) in [6.07, 6.45) is 6.85. The van der Waals surface area contributed by atoms with E-state index in [2.05, 4.69) is 21.3 Å². The van der Waals surface area contributed by atoms with Gasteiger partial charge in [-0.1, -0.05) is 49.7 Å². The van der Waals surface area contributed by atoms with Gasteiger partial charge < -0.3 is 44.7 Å². The molecule has 0 radical (unpaired) electrons. The lowest BCUT2D eigenvalue weighted by molar-refractivity contribution is -0.645. The van der Waals surface area contributed by atoms with Gasteiger partial charge in [0, 0.05) is 37.1 Å². The van der Waals surface area contributed by atoms with Crippen LogP contribution in [0.5, 0.6) is 5.75 Å². The van der Waals surface area contributed by atoms with Crippen molar-refractivity contribution in [2.24, 2.45) is 35.3 Å². The average Bonchev–Trinajstić information content (AvgIpc) is 3.23. The molecule has 0 aromatic heterocycles. The fraction of sp³-hybridized carbons (Fsp3) is 0.591. The lowest BCUT2D eigenvalue weighted by atomic mass is 9.47. The zero-order valence-corrected chi connectivity index (χ0v) is 36.7. The molecule has 7 N–H and O–H groups in total. The van der Waals surface area contributed by atoms with Crippen molar-refractivity contribution in [1.29, 1.82) is 0 Å². The largest absolute Gasteiger partial charge is 0.487 e. The van der Waals surface area contributed by atoms with E-state index in [1.54, 1.807) is 57.4 Å². The number of rotatable bonds is 21. The normalized spacial score (nSPS) is 26.1. The minimum Gasteiger partial charge on any atom is -0.487 e. The molecular formula is C44H60ClN5O12. The Morgan fingerprint density at radius 3 is 2.21 bits per heavy atom. The Balaban J connectivity index is 1.17. The predicted molar refractivity (Wildman–Crippen MR) is 227 cm³/mol. The van der Waals surface area contributed by atoms with Crippen LogP contribution in [0, 0.1) is 29.6 Å². The maximum absolute atomic E-state index is 13.7. The number of amides is 3. The van der Waals surface area contributed by atoms with Gasteiger partial charge in [-0.15, -0.1) is 0 Å². The van der Waals surface area contributed by atoms with Crippen molar-refractivity contribution < 1.29 is 57.7 Å². The van der Waals surface area contributed by atoms with Crippen molar-refractivity contribution in [3.63, 3.8) is 0 Å². The number of carbonyl (C=O) groups excluding carboxylic acids is 4. The molecule has 3 amide bonds. The summed E-state index contributed by atoms with van der Waals surface area (Å²) in [6, 6.07) is 8.57. The fourth-order valence-electron chi connectivity index (χ4n) is 9.74. The summed E-state index contributed by atoms with van der Waals surface area (Å²) in [5, 5.41) is 20.5. The third kappa shape index (κ3) is 10.2. The number of halogens is 1. The number of esters is 1. The summed E-state index contributed by atoms with van der Waals surface area (Å²) in [7, 11) is 4.38. The summed E-state index contributed by atoms with van der Waals surface area (Å²) in [5.74, 6) is -1.03. The number of nitrogens with two attached hydrogens (primary N) is 1. The minimum absolute atomic E-state index is 0.00317. The van der Waals surface area contributed by atoms with Gasteiger partial charge in [0.2, 0.25) is 11.8 Å². The Labute approximate surface area is 366 Å². The van der Waals surface area contributed by atoms with E-state index < -0.39 is 53.7 Å². The number of ether oxygens (including phenoxy) is 5. The Morgan fingerprint density at radius 2 is 1.63 bits per heavy atom. The van der Waals surface area contributed by atoms with Crippen LogP contribution in [0.3, 0.4) is 0 Å². The highest BCUT2D eigenvalue weighted by molar-refractivity contribution is 6.33. The smallest absolute Gasteiger partial charge is 0.407 e. The summed E-state index contributed by atoms with van der Waals surface area (Å²) in [4.78, 5) is 63.8. The van der Waals surface area contributed by atoms with E-state index in [-0.39, 0.29) is 55.6 Å². The van der Waals surface area contributed by atoms with Crippen molar-refractivity contribution in [2.45, 2.75) is 95.2 Å². The molecule has 1 spiro atoms. The van der Waals surface area contributed by atoms with Gasteiger partial charge in [0.05, 0.1) is 18.7 Å². The van der Waals surface area contributed by atoms with Crippen molar-refractivity contribution in [1.82, 2.24) is 16.0 Å². The van der Waals surface area contributed by atoms with Gasteiger partial charge in [0.15, 0.2) is 12.0 Å². The number of aliphatic hydroxyl groups is 1. The Morgan fingerprint density at radius 1 is 0.935 bits per heavy atom. The second-order valence-electron chi connectivity index (χ2n) is 16.9. The van der Waals surface area contributed by atoms with Crippen LogP contribution >= 0.6 is 11.6 Å². The van der Waals surface area contributed by atoms with Crippen LogP contribution in [-0.2, 0) is 55.5 Å². The van der Waals surface area contributed by atoms with E-state index in [0.29, 0.717) is 40.8 Å². The van der Waals surface area contributed by atoms with Gasteiger partial charge in [-0.3, -0.25) is 20.6 Å².